The molecule has 6 nitrogen and oxygen atoms in total. The lowest BCUT2D eigenvalue weighted by molar-refractivity contribution is -0.129. The molecule has 1 saturated heterocycles. The van der Waals surface area contributed by atoms with E-state index in [-0.39, 0.29) is 5.91 Å². The van der Waals surface area contributed by atoms with Crippen molar-refractivity contribution < 1.29 is 4.79 Å². The number of likely N-dealkylation sites (N-methyl/N-ethyl adjacent to an activating group) is 1. The van der Waals surface area contributed by atoms with Gasteiger partial charge in [-0.15, -0.1) is 0 Å². The number of piperazine rings is 1. The number of benzene rings is 2. The summed E-state index contributed by atoms with van der Waals surface area (Å²) in [6, 6.07) is 18.7. The molecule has 3 aromatic rings. The molecule has 2 N–H and O–H groups in total. The number of para-hydroxylation sites is 1. The van der Waals surface area contributed by atoms with Crippen molar-refractivity contribution >= 4 is 28.2 Å². The van der Waals surface area contributed by atoms with E-state index >= 15 is 0 Å². The molecule has 30 heavy (non-hydrogen) atoms. The maximum atomic E-state index is 12.0. The van der Waals surface area contributed by atoms with Crippen molar-refractivity contribution in [2.75, 3.05) is 57.0 Å². The van der Waals surface area contributed by atoms with Gasteiger partial charge in [-0.2, -0.15) is 0 Å². The van der Waals surface area contributed by atoms with E-state index in [4.69, 9.17) is 4.98 Å². The fourth-order valence-electron chi connectivity index (χ4n) is 3.78. The first kappa shape index (κ1) is 20.2. The van der Waals surface area contributed by atoms with Gasteiger partial charge in [0, 0.05) is 49.0 Å². The number of pyridine rings is 1. The molecule has 1 aromatic heterocycles. The Kier molecular flexibility index (Phi) is 6.14. The van der Waals surface area contributed by atoms with Crippen molar-refractivity contribution in [2.24, 2.45) is 0 Å². The highest BCUT2D eigenvalue weighted by Crippen LogP contribution is 2.29. The molecule has 1 fully saturated rings. The van der Waals surface area contributed by atoms with Gasteiger partial charge in [-0.1, -0.05) is 30.3 Å². The highest BCUT2D eigenvalue weighted by molar-refractivity contribution is 5.93. The highest BCUT2D eigenvalue weighted by atomic mass is 16.2. The van der Waals surface area contributed by atoms with Gasteiger partial charge in [0.05, 0.1) is 17.8 Å². The largest absolute Gasteiger partial charge is 0.384 e. The number of anilines is 2. The number of hydrogen-bond donors (Lipinski definition) is 2. The summed E-state index contributed by atoms with van der Waals surface area (Å²) in [7, 11) is 3.83. The van der Waals surface area contributed by atoms with Crippen LogP contribution in [0.3, 0.4) is 0 Å². The molecule has 156 valence electrons. The van der Waals surface area contributed by atoms with E-state index in [1.54, 1.807) is 4.90 Å². The number of carbonyl (C=O) groups excluding carboxylic acids is 1. The SMILES string of the molecule is CNCCCNc1cc(-c2ccc(N3CCN(C)C(=O)C3)cc2)nc2ccccc12. The summed E-state index contributed by atoms with van der Waals surface area (Å²) in [6.45, 7) is 3.94. The number of nitrogens with zero attached hydrogens (tertiary/aromatic N) is 3. The van der Waals surface area contributed by atoms with Crippen LogP contribution in [0, 0.1) is 0 Å². The number of aromatic nitrogens is 1. The van der Waals surface area contributed by atoms with Gasteiger partial charge in [0.2, 0.25) is 5.91 Å². The second-order valence-corrected chi connectivity index (χ2v) is 7.74. The zero-order chi connectivity index (χ0) is 20.9. The molecule has 0 unspecified atom stereocenters. The van der Waals surface area contributed by atoms with Crippen molar-refractivity contribution in [3.8, 4) is 11.3 Å². The third kappa shape index (κ3) is 4.39. The van der Waals surface area contributed by atoms with Crippen molar-refractivity contribution in [1.29, 1.82) is 0 Å². The van der Waals surface area contributed by atoms with Crippen LogP contribution < -0.4 is 15.5 Å². The Morgan fingerprint density at radius 2 is 1.83 bits per heavy atom. The number of carbonyl (C=O) groups is 1. The summed E-state index contributed by atoms with van der Waals surface area (Å²) >= 11 is 0. The van der Waals surface area contributed by atoms with E-state index < -0.39 is 0 Å². The van der Waals surface area contributed by atoms with Gasteiger partial charge in [0.1, 0.15) is 0 Å². The molecule has 1 aliphatic rings. The van der Waals surface area contributed by atoms with E-state index in [0.717, 1.165) is 66.1 Å². The maximum Gasteiger partial charge on any atom is 0.241 e. The zero-order valence-corrected chi connectivity index (χ0v) is 17.7. The second-order valence-electron chi connectivity index (χ2n) is 7.74. The average Bonchev–Trinajstić information content (AvgIpc) is 2.78. The van der Waals surface area contributed by atoms with E-state index in [1.165, 1.54) is 0 Å². The minimum Gasteiger partial charge on any atom is -0.384 e. The maximum absolute atomic E-state index is 12.0. The van der Waals surface area contributed by atoms with Gasteiger partial charge in [0.15, 0.2) is 0 Å². The Hall–Kier alpha value is -3.12. The molecular formula is C24H29N5O. The number of nitrogens with one attached hydrogen (secondary N) is 2. The Labute approximate surface area is 177 Å². The molecule has 0 bridgehead atoms. The third-order valence-corrected chi connectivity index (χ3v) is 5.62. The highest BCUT2D eigenvalue weighted by Gasteiger charge is 2.21. The second kappa shape index (κ2) is 9.13. The zero-order valence-electron chi connectivity index (χ0n) is 17.7. The van der Waals surface area contributed by atoms with E-state index in [2.05, 4.69) is 64.1 Å². The van der Waals surface area contributed by atoms with Crippen molar-refractivity contribution in [3.63, 3.8) is 0 Å². The minimum atomic E-state index is 0.163. The quantitative estimate of drug-likeness (QED) is 0.593. The van der Waals surface area contributed by atoms with Gasteiger partial charge in [-0.3, -0.25) is 4.79 Å². The van der Waals surface area contributed by atoms with Crippen molar-refractivity contribution in [2.45, 2.75) is 6.42 Å². The molecule has 6 heteroatoms. The Morgan fingerprint density at radius 3 is 2.60 bits per heavy atom. The number of rotatable bonds is 7. The molecule has 0 atom stereocenters. The first-order chi connectivity index (χ1) is 14.7. The molecule has 4 rings (SSSR count). The van der Waals surface area contributed by atoms with E-state index in [9.17, 15) is 4.79 Å². The van der Waals surface area contributed by atoms with Crippen LogP contribution in [0.15, 0.2) is 54.6 Å². The lowest BCUT2D eigenvalue weighted by Crippen LogP contribution is -2.48. The summed E-state index contributed by atoms with van der Waals surface area (Å²) < 4.78 is 0. The van der Waals surface area contributed by atoms with Gasteiger partial charge in [-0.05, 0) is 44.3 Å². The predicted molar refractivity (Wildman–Crippen MR) is 124 cm³/mol. The molecular weight excluding hydrogens is 374 g/mol. The van der Waals surface area contributed by atoms with Crippen molar-refractivity contribution in [1.82, 2.24) is 15.2 Å². The Morgan fingerprint density at radius 1 is 1.03 bits per heavy atom. The van der Waals surface area contributed by atoms with Crippen LogP contribution in [0.25, 0.3) is 22.2 Å². The van der Waals surface area contributed by atoms with Crippen LogP contribution >= 0.6 is 0 Å². The monoisotopic (exact) mass is 403 g/mol. The molecule has 0 spiro atoms. The molecule has 1 amide bonds. The number of amides is 1. The Bertz CT molecular complexity index is 1020. The van der Waals surface area contributed by atoms with Crippen LogP contribution in [0.4, 0.5) is 11.4 Å². The first-order valence-electron chi connectivity index (χ1n) is 10.5. The summed E-state index contributed by atoms with van der Waals surface area (Å²) in [5.74, 6) is 0.163. The molecule has 1 aliphatic heterocycles. The van der Waals surface area contributed by atoms with Gasteiger partial charge in [0.25, 0.3) is 0 Å². The summed E-state index contributed by atoms with van der Waals surface area (Å²) in [5.41, 5.74) is 5.20. The standard InChI is InChI=1S/C24H29N5O/c1-25-12-5-13-26-23-16-22(27-21-7-4-3-6-20(21)23)18-8-10-19(11-9-18)29-15-14-28(2)24(30)17-29/h3-4,6-11,16,25H,5,12-15,17H2,1-2H3,(H,26,27). The summed E-state index contributed by atoms with van der Waals surface area (Å²) in [6.07, 6.45) is 1.06. The first-order valence-corrected chi connectivity index (χ1v) is 10.5. The van der Waals surface area contributed by atoms with E-state index in [1.807, 2.05) is 20.2 Å². The predicted octanol–water partition coefficient (Wildman–Crippen LogP) is 3.20. The lowest BCUT2D eigenvalue weighted by Gasteiger charge is -2.33. The fraction of sp³-hybridized carbons (Fsp3) is 0.333. The number of hydrogen-bond acceptors (Lipinski definition) is 5. The Balaban J connectivity index is 1.58. The van der Waals surface area contributed by atoms with Crippen LogP contribution in [-0.4, -0.2) is 62.6 Å². The lowest BCUT2D eigenvalue weighted by atomic mass is 10.1. The summed E-state index contributed by atoms with van der Waals surface area (Å²) in [4.78, 5) is 20.8. The van der Waals surface area contributed by atoms with Gasteiger partial charge in [-0.25, -0.2) is 4.98 Å². The number of fused-ring (bicyclic) bond motifs is 1. The average molecular weight is 404 g/mol. The molecule has 0 saturated carbocycles. The third-order valence-electron chi connectivity index (χ3n) is 5.62. The minimum absolute atomic E-state index is 0.163. The normalized spacial score (nSPS) is 14.4. The van der Waals surface area contributed by atoms with Crippen LogP contribution in [0.5, 0.6) is 0 Å². The molecule has 2 aromatic carbocycles. The van der Waals surface area contributed by atoms with Gasteiger partial charge < -0.3 is 20.4 Å². The van der Waals surface area contributed by atoms with E-state index in [0.29, 0.717) is 6.54 Å². The van der Waals surface area contributed by atoms with Crippen molar-refractivity contribution in [3.05, 3.63) is 54.6 Å². The molecule has 2 heterocycles. The van der Waals surface area contributed by atoms with Gasteiger partial charge >= 0.3 is 0 Å². The van der Waals surface area contributed by atoms with Crippen LogP contribution in [0.2, 0.25) is 0 Å². The fourth-order valence-corrected chi connectivity index (χ4v) is 3.78. The smallest absolute Gasteiger partial charge is 0.241 e. The van der Waals surface area contributed by atoms with Crippen LogP contribution in [-0.2, 0) is 4.79 Å². The van der Waals surface area contributed by atoms with Crippen LogP contribution in [0.1, 0.15) is 6.42 Å². The summed E-state index contributed by atoms with van der Waals surface area (Å²) in [5, 5.41) is 7.90. The molecule has 0 radical (unpaired) electrons. The topological polar surface area (TPSA) is 60.5 Å². The molecule has 0 aliphatic carbocycles.